The third kappa shape index (κ3) is 8.72. The van der Waals surface area contributed by atoms with Gasteiger partial charge in [-0.15, -0.1) is 0 Å². The number of carbonyl (C=O) groups is 4. The van der Waals surface area contributed by atoms with Gasteiger partial charge < -0.3 is 30.1 Å². The van der Waals surface area contributed by atoms with Crippen LogP contribution in [0.1, 0.15) is 33.1 Å². The standard InChI is InChI=1S/C24H34FN3O5.C4H4O4/c1-15(2)33-22-5-4-16(25)12-19(22)27-10-8-26(9-11-27)6-3-7-28-23(31)17-13-20(29)21(30)14-18(17)24(28)32;5-3(6)1-2-4(7)8/h4-5,12,15,17-18,20-21,29-30H,3,6-11,13-14H2,1-2H3;1-2H,(H,5,6)(H,7,8). The number of aliphatic hydroxyl groups excluding tert-OH is 2. The number of hydrogen-bond donors (Lipinski definition) is 4. The van der Waals surface area contributed by atoms with E-state index in [-0.39, 0.29) is 36.6 Å². The summed E-state index contributed by atoms with van der Waals surface area (Å²) in [5.41, 5.74) is 0.767. The third-order valence-electron chi connectivity index (χ3n) is 7.31. The van der Waals surface area contributed by atoms with Gasteiger partial charge in [0.05, 0.1) is 35.8 Å². The van der Waals surface area contributed by atoms with Crippen molar-refractivity contribution in [3.05, 3.63) is 36.2 Å². The van der Waals surface area contributed by atoms with E-state index in [0.29, 0.717) is 30.9 Å². The van der Waals surface area contributed by atoms with Crippen LogP contribution in [-0.4, -0.2) is 112 Å². The van der Waals surface area contributed by atoms with E-state index in [0.717, 1.165) is 38.4 Å². The van der Waals surface area contributed by atoms with E-state index >= 15 is 0 Å². The molecule has 2 saturated heterocycles. The predicted molar refractivity (Wildman–Crippen MR) is 145 cm³/mol. The first kappa shape index (κ1) is 32.0. The van der Waals surface area contributed by atoms with Crippen LogP contribution < -0.4 is 9.64 Å². The monoisotopic (exact) mass is 579 g/mol. The molecule has 3 aliphatic rings. The minimum Gasteiger partial charge on any atom is -0.489 e. The number of nitrogens with zero attached hydrogens (tertiary/aromatic N) is 3. The molecule has 1 saturated carbocycles. The Kier molecular flexibility index (Phi) is 11.2. The van der Waals surface area contributed by atoms with Crippen LogP contribution in [-0.2, 0) is 19.2 Å². The molecule has 41 heavy (non-hydrogen) atoms. The number of imide groups is 1. The molecule has 0 bridgehead atoms. The van der Waals surface area contributed by atoms with Gasteiger partial charge in [0, 0.05) is 50.9 Å². The lowest BCUT2D eigenvalue weighted by molar-refractivity contribution is -0.140. The first-order chi connectivity index (χ1) is 19.4. The van der Waals surface area contributed by atoms with E-state index in [4.69, 9.17) is 14.9 Å². The Bertz CT molecular complexity index is 1090. The molecule has 2 aliphatic heterocycles. The molecule has 1 aromatic rings. The predicted octanol–water partition coefficient (Wildman–Crippen LogP) is 0.954. The fraction of sp³-hybridized carbons (Fsp3) is 0.571. The van der Waals surface area contributed by atoms with Crippen LogP contribution in [0.5, 0.6) is 5.75 Å². The lowest BCUT2D eigenvalue weighted by atomic mass is 9.78. The quantitative estimate of drug-likeness (QED) is 0.243. The number of piperazine rings is 1. The van der Waals surface area contributed by atoms with Gasteiger partial charge in [0.15, 0.2) is 0 Å². The minimum atomic E-state index is -1.26. The molecule has 3 fully saturated rings. The van der Waals surface area contributed by atoms with Crippen LogP contribution in [0.15, 0.2) is 30.4 Å². The molecule has 0 spiro atoms. The Hall–Kier alpha value is -3.55. The van der Waals surface area contributed by atoms with Crippen LogP contribution in [0.25, 0.3) is 0 Å². The Morgan fingerprint density at radius 2 is 1.49 bits per heavy atom. The lowest BCUT2D eigenvalue weighted by Gasteiger charge is -2.37. The summed E-state index contributed by atoms with van der Waals surface area (Å²) in [5, 5.41) is 35.4. The van der Waals surface area contributed by atoms with Crippen LogP contribution >= 0.6 is 0 Å². The first-order valence-corrected chi connectivity index (χ1v) is 13.7. The van der Waals surface area contributed by atoms with Crippen molar-refractivity contribution < 1.29 is 48.7 Å². The lowest BCUT2D eigenvalue weighted by Crippen LogP contribution is -2.47. The van der Waals surface area contributed by atoms with Crippen LogP contribution in [0.2, 0.25) is 0 Å². The van der Waals surface area contributed by atoms with E-state index in [2.05, 4.69) is 9.80 Å². The molecule has 4 atom stereocenters. The highest BCUT2D eigenvalue weighted by molar-refractivity contribution is 6.05. The van der Waals surface area contributed by atoms with Crippen LogP contribution in [0.4, 0.5) is 10.1 Å². The van der Waals surface area contributed by atoms with Gasteiger partial charge >= 0.3 is 11.9 Å². The van der Waals surface area contributed by atoms with E-state index in [1.54, 1.807) is 6.07 Å². The number of hydrogen-bond acceptors (Lipinski definition) is 9. The second kappa shape index (κ2) is 14.4. The topological polar surface area (TPSA) is 168 Å². The largest absolute Gasteiger partial charge is 0.489 e. The average molecular weight is 580 g/mol. The van der Waals surface area contributed by atoms with Crippen LogP contribution in [0.3, 0.4) is 0 Å². The number of benzene rings is 1. The van der Waals surface area contributed by atoms with E-state index in [1.165, 1.54) is 17.0 Å². The number of carbonyl (C=O) groups excluding carboxylic acids is 2. The Morgan fingerprint density at radius 1 is 0.951 bits per heavy atom. The fourth-order valence-corrected chi connectivity index (χ4v) is 5.34. The number of aliphatic hydroxyl groups is 2. The van der Waals surface area contributed by atoms with Crippen molar-refractivity contribution in [2.75, 3.05) is 44.2 Å². The molecule has 4 rings (SSSR count). The average Bonchev–Trinajstić information content (AvgIpc) is 3.13. The first-order valence-electron chi connectivity index (χ1n) is 13.7. The molecule has 0 aromatic heterocycles. The van der Waals surface area contributed by atoms with Crippen molar-refractivity contribution in [2.45, 2.75) is 51.4 Å². The molecular formula is C28H38FN3O9. The summed E-state index contributed by atoms with van der Waals surface area (Å²) in [7, 11) is 0. The molecule has 4 N–H and O–H groups in total. The SMILES string of the molecule is CC(C)Oc1ccc(F)cc1N1CCN(CCCN2C(=O)C3CC(O)C(O)CC3C2=O)CC1.O=C(O)C=CC(=O)O. The second-order valence-corrected chi connectivity index (χ2v) is 10.6. The number of carboxylic acid groups (broad SMARTS) is 2. The number of carboxylic acids is 2. The number of amides is 2. The van der Waals surface area contributed by atoms with Gasteiger partial charge in [-0.3, -0.25) is 19.4 Å². The van der Waals surface area contributed by atoms with Gasteiger partial charge in [0.1, 0.15) is 11.6 Å². The Balaban J connectivity index is 0.000000507. The number of ether oxygens (including phenoxy) is 1. The second-order valence-electron chi connectivity index (χ2n) is 10.6. The third-order valence-corrected chi connectivity index (χ3v) is 7.31. The maximum Gasteiger partial charge on any atom is 0.328 e. The smallest absolute Gasteiger partial charge is 0.328 e. The number of anilines is 1. The normalized spacial score (nSPS) is 24.8. The number of rotatable bonds is 9. The van der Waals surface area contributed by atoms with E-state index < -0.39 is 36.0 Å². The minimum absolute atomic E-state index is 0.00173. The molecule has 0 radical (unpaired) electrons. The molecule has 226 valence electrons. The van der Waals surface area contributed by atoms with Gasteiger partial charge in [-0.2, -0.15) is 0 Å². The summed E-state index contributed by atoms with van der Waals surface area (Å²) in [6, 6.07) is 4.61. The van der Waals surface area contributed by atoms with Crippen LogP contribution in [0, 0.1) is 17.7 Å². The van der Waals surface area contributed by atoms with Crippen molar-refractivity contribution in [1.82, 2.24) is 9.80 Å². The highest BCUT2D eigenvalue weighted by Crippen LogP contribution is 2.38. The Morgan fingerprint density at radius 3 is 1.98 bits per heavy atom. The summed E-state index contributed by atoms with van der Waals surface area (Å²) in [4.78, 5) is 50.2. The van der Waals surface area contributed by atoms with Gasteiger partial charge in [-0.25, -0.2) is 14.0 Å². The summed E-state index contributed by atoms with van der Waals surface area (Å²) < 4.78 is 19.7. The number of likely N-dealkylation sites (tertiary alicyclic amines) is 1. The zero-order chi connectivity index (χ0) is 30.3. The molecular weight excluding hydrogens is 541 g/mol. The van der Waals surface area contributed by atoms with Crippen molar-refractivity contribution in [1.29, 1.82) is 0 Å². The molecule has 1 aromatic carbocycles. The van der Waals surface area contributed by atoms with Gasteiger partial charge in [0.2, 0.25) is 11.8 Å². The van der Waals surface area contributed by atoms with Crippen molar-refractivity contribution in [2.24, 2.45) is 11.8 Å². The van der Waals surface area contributed by atoms with Crippen molar-refractivity contribution in [3.8, 4) is 5.75 Å². The van der Waals surface area contributed by atoms with E-state index in [1.807, 2.05) is 13.8 Å². The maximum atomic E-state index is 13.9. The zero-order valence-corrected chi connectivity index (χ0v) is 23.2. The summed E-state index contributed by atoms with van der Waals surface area (Å²) in [6.07, 6.45) is 0.206. The molecule has 4 unspecified atom stereocenters. The van der Waals surface area contributed by atoms with Crippen molar-refractivity contribution in [3.63, 3.8) is 0 Å². The molecule has 2 heterocycles. The van der Waals surface area contributed by atoms with Gasteiger partial charge in [-0.1, -0.05) is 0 Å². The summed E-state index contributed by atoms with van der Waals surface area (Å²) in [6.45, 7) is 8.06. The highest BCUT2D eigenvalue weighted by atomic mass is 19.1. The Labute approximate surface area is 237 Å². The van der Waals surface area contributed by atoms with Gasteiger partial charge in [0.25, 0.3) is 0 Å². The highest BCUT2D eigenvalue weighted by Gasteiger charge is 2.51. The van der Waals surface area contributed by atoms with Crippen molar-refractivity contribution >= 4 is 29.4 Å². The zero-order valence-electron chi connectivity index (χ0n) is 23.2. The number of aliphatic carboxylic acids is 2. The maximum absolute atomic E-state index is 13.9. The fourth-order valence-electron chi connectivity index (χ4n) is 5.34. The van der Waals surface area contributed by atoms with Gasteiger partial charge in [-0.05, 0) is 51.8 Å². The number of fused-ring (bicyclic) bond motifs is 1. The molecule has 12 nitrogen and oxygen atoms in total. The summed E-state index contributed by atoms with van der Waals surface area (Å²) in [5.74, 6) is -3.57. The molecule has 13 heteroatoms. The number of halogens is 1. The summed E-state index contributed by atoms with van der Waals surface area (Å²) >= 11 is 0. The molecule has 2 amide bonds. The molecule has 1 aliphatic carbocycles. The van der Waals surface area contributed by atoms with E-state index in [9.17, 15) is 33.8 Å².